The molecule has 0 saturated carbocycles. The predicted octanol–water partition coefficient (Wildman–Crippen LogP) is 1.87. The standard InChI is InChI=1S/C13H17NO3/c1-5-17-13(16)10-7-6-9(2)11(8-10)12(15)14(3)4/h6-8H,5H2,1-4H3. The van der Waals surface area contributed by atoms with Gasteiger partial charge in [0.15, 0.2) is 0 Å². The molecule has 0 saturated heterocycles. The molecule has 0 aliphatic rings. The summed E-state index contributed by atoms with van der Waals surface area (Å²) >= 11 is 0. The Kier molecular flexibility index (Phi) is 4.26. The van der Waals surface area contributed by atoms with Crippen LogP contribution in [0.25, 0.3) is 0 Å². The number of amides is 1. The van der Waals surface area contributed by atoms with Crippen LogP contribution in [0.15, 0.2) is 18.2 Å². The number of hydrogen-bond acceptors (Lipinski definition) is 3. The van der Waals surface area contributed by atoms with Crippen molar-refractivity contribution in [2.45, 2.75) is 13.8 Å². The van der Waals surface area contributed by atoms with Crippen LogP contribution < -0.4 is 0 Å². The van der Waals surface area contributed by atoms with E-state index in [0.29, 0.717) is 17.7 Å². The maximum atomic E-state index is 11.9. The lowest BCUT2D eigenvalue weighted by Crippen LogP contribution is -2.23. The fourth-order valence-electron chi connectivity index (χ4n) is 1.43. The summed E-state index contributed by atoms with van der Waals surface area (Å²) < 4.78 is 4.90. The Morgan fingerprint density at radius 2 is 1.94 bits per heavy atom. The highest BCUT2D eigenvalue weighted by atomic mass is 16.5. The van der Waals surface area contributed by atoms with Crippen LogP contribution in [0.5, 0.6) is 0 Å². The van der Waals surface area contributed by atoms with Gasteiger partial charge in [0, 0.05) is 19.7 Å². The Morgan fingerprint density at radius 1 is 1.29 bits per heavy atom. The lowest BCUT2D eigenvalue weighted by molar-refractivity contribution is 0.0526. The topological polar surface area (TPSA) is 46.6 Å². The minimum atomic E-state index is -0.402. The number of ether oxygens (including phenoxy) is 1. The second kappa shape index (κ2) is 5.48. The zero-order valence-corrected chi connectivity index (χ0v) is 10.6. The van der Waals surface area contributed by atoms with Gasteiger partial charge in [-0.3, -0.25) is 4.79 Å². The highest BCUT2D eigenvalue weighted by Crippen LogP contribution is 2.13. The Bertz CT molecular complexity index is 438. The fourth-order valence-corrected chi connectivity index (χ4v) is 1.43. The van der Waals surface area contributed by atoms with Crippen molar-refractivity contribution in [3.05, 3.63) is 34.9 Å². The van der Waals surface area contributed by atoms with Crippen molar-refractivity contribution >= 4 is 11.9 Å². The van der Waals surface area contributed by atoms with E-state index in [2.05, 4.69) is 0 Å². The van der Waals surface area contributed by atoms with Crippen molar-refractivity contribution in [2.24, 2.45) is 0 Å². The smallest absolute Gasteiger partial charge is 0.338 e. The SMILES string of the molecule is CCOC(=O)c1ccc(C)c(C(=O)N(C)C)c1. The van der Waals surface area contributed by atoms with Crippen molar-refractivity contribution in [1.82, 2.24) is 4.90 Å². The zero-order valence-electron chi connectivity index (χ0n) is 10.6. The summed E-state index contributed by atoms with van der Waals surface area (Å²) in [6.07, 6.45) is 0. The maximum absolute atomic E-state index is 11.9. The van der Waals surface area contributed by atoms with Gasteiger partial charge in [0.2, 0.25) is 0 Å². The molecule has 0 heterocycles. The molecule has 1 amide bonds. The molecule has 4 nitrogen and oxygen atoms in total. The molecule has 1 aromatic rings. The zero-order chi connectivity index (χ0) is 13.0. The molecule has 0 fully saturated rings. The molecule has 0 aromatic heterocycles. The van der Waals surface area contributed by atoms with Gasteiger partial charge in [-0.1, -0.05) is 6.07 Å². The van der Waals surface area contributed by atoms with Gasteiger partial charge in [-0.15, -0.1) is 0 Å². The third-order valence-corrected chi connectivity index (χ3v) is 2.39. The fraction of sp³-hybridized carbons (Fsp3) is 0.385. The Labute approximate surface area is 101 Å². The molecule has 1 aromatic carbocycles. The van der Waals surface area contributed by atoms with Crippen LogP contribution in [0.3, 0.4) is 0 Å². The molecular weight excluding hydrogens is 218 g/mol. The number of aryl methyl sites for hydroxylation is 1. The highest BCUT2D eigenvalue weighted by Gasteiger charge is 2.14. The van der Waals surface area contributed by atoms with Gasteiger partial charge in [-0.25, -0.2) is 4.79 Å². The molecule has 0 radical (unpaired) electrons. The second-order valence-electron chi connectivity index (χ2n) is 3.95. The average molecular weight is 235 g/mol. The third-order valence-electron chi connectivity index (χ3n) is 2.39. The van der Waals surface area contributed by atoms with Gasteiger partial charge in [-0.05, 0) is 31.5 Å². The van der Waals surface area contributed by atoms with Crippen LogP contribution in [0.2, 0.25) is 0 Å². The molecule has 0 N–H and O–H groups in total. The first-order chi connectivity index (χ1) is 7.97. The van der Waals surface area contributed by atoms with Gasteiger partial charge in [0.05, 0.1) is 12.2 Å². The van der Waals surface area contributed by atoms with Crippen LogP contribution in [0.4, 0.5) is 0 Å². The van der Waals surface area contributed by atoms with Crippen molar-refractivity contribution < 1.29 is 14.3 Å². The van der Waals surface area contributed by atoms with Gasteiger partial charge in [-0.2, -0.15) is 0 Å². The summed E-state index contributed by atoms with van der Waals surface area (Å²) in [6.45, 7) is 3.91. The normalized spacial score (nSPS) is 9.88. The van der Waals surface area contributed by atoms with Crippen molar-refractivity contribution in [3.8, 4) is 0 Å². The molecule has 0 unspecified atom stereocenters. The minimum Gasteiger partial charge on any atom is -0.462 e. The first-order valence-corrected chi connectivity index (χ1v) is 5.46. The summed E-state index contributed by atoms with van der Waals surface area (Å²) in [4.78, 5) is 24.9. The van der Waals surface area contributed by atoms with Gasteiger partial charge >= 0.3 is 5.97 Å². The van der Waals surface area contributed by atoms with Crippen LogP contribution in [0.1, 0.15) is 33.2 Å². The molecule has 0 aliphatic heterocycles. The van der Waals surface area contributed by atoms with E-state index in [0.717, 1.165) is 5.56 Å². The summed E-state index contributed by atoms with van der Waals surface area (Å²) in [6, 6.07) is 5.00. The molecule has 0 aliphatic carbocycles. The van der Waals surface area contributed by atoms with Gasteiger partial charge < -0.3 is 9.64 Å². The number of nitrogens with zero attached hydrogens (tertiary/aromatic N) is 1. The molecule has 0 spiro atoms. The number of carbonyl (C=O) groups excluding carboxylic acids is 2. The molecular formula is C13H17NO3. The molecule has 92 valence electrons. The van der Waals surface area contributed by atoms with Crippen molar-refractivity contribution in [1.29, 1.82) is 0 Å². The first kappa shape index (κ1) is 13.2. The maximum Gasteiger partial charge on any atom is 0.338 e. The summed E-state index contributed by atoms with van der Waals surface area (Å²) in [5.74, 6) is -0.519. The number of hydrogen-bond donors (Lipinski definition) is 0. The van der Waals surface area contributed by atoms with Crippen LogP contribution in [-0.2, 0) is 4.74 Å². The quantitative estimate of drug-likeness (QED) is 0.751. The summed E-state index contributed by atoms with van der Waals surface area (Å²) in [7, 11) is 3.36. The van der Waals surface area contributed by atoms with E-state index in [1.54, 1.807) is 39.2 Å². The molecule has 17 heavy (non-hydrogen) atoms. The second-order valence-corrected chi connectivity index (χ2v) is 3.95. The monoisotopic (exact) mass is 235 g/mol. The first-order valence-electron chi connectivity index (χ1n) is 5.46. The minimum absolute atomic E-state index is 0.117. The third kappa shape index (κ3) is 3.06. The van der Waals surface area contributed by atoms with E-state index in [1.165, 1.54) is 4.90 Å². The van der Waals surface area contributed by atoms with Gasteiger partial charge in [0.25, 0.3) is 5.91 Å². The van der Waals surface area contributed by atoms with Crippen molar-refractivity contribution in [3.63, 3.8) is 0 Å². The predicted molar refractivity (Wildman–Crippen MR) is 65.2 cm³/mol. The number of carbonyl (C=O) groups is 2. The molecule has 4 heteroatoms. The lowest BCUT2D eigenvalue weighted by Gasteiger charge is -2.13. The summed E-state index contributed by atoms with van der Waals surface area (Å²) in [5, 5.41) is 0. The van der Waals surface area contributed by atoms with Crippen molar-refractivity contribution in [2.75, 3.05) is 20.7 Å². The largest absolute Gasteiger partial charge is 0.462 e. The lowest BCUT2D eigenvalue weighted by atomic mass is 10.0. The molecule has 1 rings (SSSR count). The number of rotatable bonds is 3. The Balaban J connectivity index is 3.10. The van der Waals surface area contributed by atoms with Gasteiger partial charge in [0.1, 0.15) is 0 Å². The Morgan fingerprint density at radius 3 is 2.47 bits per heavy atom. The summed E-state index contributed by atoms with van der Waals surface area (Å²) in [5.41, 5.74) is 1.78. The van der Waals surface area contributed by atoms with E-state index in [-0.39, 0.29) is 5.91 Å². The highest BCUT2D eigenvalue weighted by molar-refractivity contribution is 5.98. The van der Waals surface area contributed by atoms with Crippen LogP contribution >= 0.6 is 0 Å². The van der Waals surface area contributed by atoms with Crippen LogP contribution in [0, 0.1) is 6.92 Å². The van der Waals surface area contributed by atoms with Crippen LogP contribution in [-0.4, -0.2) is 37.5 Å². The molecule has 0 atom stereocenters. The number of esters is 1. The average Bonchev–Trinajstić information content (AvgIpc) is 2.28. The molecule has 0 bridgehead atoms. The van der Waals surface area contributed by atoms with E-state index in [9.17, 15) is 9.59 Å². The van der Waals surface area contributed by atoms with E-state index >= 15 is 0 Å². The Hall–Kier alpha value is -1.84. The van der Waals surface area contributed by atoms with E-state index in [4.69, 9.17) is 4.74 Å². The number of benzene rings is 1. The van der Waals surface area contributed by atoms with E-state index in [1.807, 2.05) is 6.92 Å². The van der Waals surface area contributed by atoms with E-state index < -0.39 is 5.97 Å².